The fraction of sp³-hybridized carbons (Fsp3) is 0.519. The number of anilines is 1. The number of fused-ring (bicyclic) bond motifs is 3. The summed E-state index contributed by atoms with van der Waals surface area (Å²) in [6, 6.07) is 0.596. The lowest BCUT2D eigenvalue weighted by Gasteiger charge is -2.50. The number of phenolic OH excluding ortho intramolecular Hbond substituents is 1. The fourth-order valence-corrected chi connectivity index (χ4v) is 6.19. The molecule has 0 saturated heterocycles. The first kappa shape index (κ1) is 29.1. The van der Waals surface area contributed by atoms with Gasteiger partial charge >= 0.3 is 0 Å². The van der Waals surface area contributed by atoms with Gasteiger partial charge in [0.25, 0.3) is 5.91 Å². The predicted octanol–water partition coefficient (Wildman–Crippen LogP) is 1.93. The number of hydrogen-bond donors (Lipinski definition) is 6. The molecule has 1 saturated carbocycles. The molecule has 1 aromatic carbocycles. The summed E-state index contributed by atoms with van der Waals surface area (Å²) in [5.74, 6) is -6.82. The summed E-state index contributed by atoms with van der Waals surface area (Å²) >= 11 is 0. The number of aromatic hydroxyl groups is 1. The Kier molecular flexibility index (Phi) is 7.95. The molecule has 0 radical (unpaired) electrons. The van der Waals surface area contributed by atoms with Crippen LogP contribution in [0.3, 0.4) is 0 Å². The summed E-state index contributed by atoms with van der Waals surface area (Å²) in [4.78, 5) is 40.5. The molecule has 3 aliphatic carbocycles. The van der Waals surface area contributed by atoms with E-state index in [0.29, 0.717) is 36.1 Å². The van der Waals surface area contributed by atoms with Gasteiger partial charge in [0.15, 0.2) is 11.4 Å². The highest BCUT2D eigenvalue weighted by Crippen LogP contribution is 2.53. The van der Waals surface area contributed by atoms with Crippen LogP contribution in [-0.4, -0.2) is 82.3 Å². The second-order valence-electron chi connectivity index (χ2n) is 10.1. The topological polar surface area (TPSA) is 173 Å². The van der Waals surface area contributed by atoms with Crippen molar-refractivity contribution in [1.29, 1.82) is 0 Å². The number of nitrogens with two attached hydrogens (primary N) is 1. The van der Waals surface area contributed by atoms with E-state index in [9.17, 15) is 39.2 Å². The quantitative estimate of drug-likeness (QED) is 0.174. The summed E-state index contributed by atoms with van der Waals surface area (Å²) in [5, 5.41) is 48.0. The second kappa shape index (κ2) is 10.4. The zero-order valence-electron chi connectivity index (χ0n) is 21.0. The maximum Gasteiger partial charge on any atom is 0.255 e. The average Bonchev–Trinajstić information content (AvgIpc) is 2.82. The summed E-state index contributed by atoms with van der Waals surface area (Å²) in [7, 11) is 4.78. The number of Topliss-reactive ketones (excluding diaryl/α,β-unsaturated/α-hetero) is 2. The SMILES string of the molecule is C.CNc1cc(CCCCF)c(O)c2c1C[C@H]1C[C@H]3[C@H](N(C)C)C(=O)C(C(N)=O)=C(O)[C@@]3(O)C(=O)C1=C2O. The minimum absolute atomic E-state index is 0. The van der Waals surface area contributed by atoms with E-state index in [1.807, 2.05) is 0 Å². The lowest BCUT2D eigenvalue weighted by molar-refractivity contribution is -0.153. The highest BCUT2D eigenvalue weighted by molar-refractivity contribution is 6.24. The van der Waals surface area contributed by atoms with Crippen LogP contribution in [0.15, 0.2) is 23.0 Å². The van der Waals surface area contributed by atoms with Crippen LogP contribution in [0.4, 0.5) is 10.1 Å². The van der Waals surface area contributed by atoms with Gasteiger partial charge in [-0.25, -0.2) is 0 Å². The number of alkyl halides is 1. The predicted molar refractivity (Wildman–Crippen MR) is 139 cm³/mol. The molecule has 11 heteroatoms. The molecule has 0 aliphatic heterocycles. The number of benzene rings is 1. The van der Waals surface area contributed by atoms with E-state index in [1.165, 1.54) is 4.90 Å². The molecular weight excluding hydrogens is 497 g/mol. The number of likely N-dealkylation sites (N-methyl/N-ethyl adjacent to an activating group) is 1. The van der Waals surface area contributed by atoms with E-state index in [2.05, 4.69) is 5.32 Å². The molecule has 4 atom stereocenters. The zero-order valence-corrected chi connectivity index (χ0v) is 21.0. The molecule has 0 bridgehead atoms. The Morgan fingerprint density at radius 1 is 1.24 bits per heavy atom. The molecule has 0 spiro atoms. The van der Waals surface area contributed by atoms with Crippen LogP contribution >= 0.6 is 0 Å². The molecule has 1 fully saturated rings. The van der Waals surface area contributed by atoms with Crippen LogP contribution in [0.5, 0.6) is 5.75 Å². The minimum Gasteiger partial charge on any atom is -0.508 e. The number of carbonyl (C=O) groups is 3. The van der Waals surface area contributed by atoms with Crippen LogP contribution in [0.25, 0.3) is 5.76 Å². The molecule has 4 rings (SSSR count). The molecule has 3 aliphatic rings. The van der Waals surface area contributed by atoms with Gasteiger partial charge in [-0.2, -0.15) is 0 Å². The number of phenols is 1. The first-order chi connectivity index (χ1) is 17.4. The van der Waals surface area contributed by atoms with Crippen molar-refractivity contribution in [3.8, 4) is 5.75 Å². The number of aliphatic hydroxyl groups is 3. The molecular formula is C27H36FN3O7. The number of nitrogens with one attached hydrogen (secondary N) is 1. The first-order valence-electron chi connectivity index (χ1n) is 12.2. The second-order valence-corrected chi connectivity index (χ2v) is 10.1. The van der Waals surface area contributed by atoms with Gasteiger partial charge in [-0.1, -0.05) is 7.43 Å². The highest BCUT2D eigenvalue weighted by Gasteiger charge is 2.64. The smallest absolute Gasteiger partial charge is 0.255 e. The van der Waals surface area contributed by atoms with Crippen molar-refractivity contribution >= 4 is 28.9 Å². The molecule has 1 amide bonds. The van der Waals surface area contributed by atoms with Gasteiger partial charge in [0.05, 0.1) is 18.3 Å². The Labute approximate surface area is 220 Å². The molecule has 1 aromatic rings. The normalized spacial score (nSPS) is 26.5. The van der Waals surface area contributed by atoms with Crippen molar-refractivity contribution in [2.24, 2.45) is 17.6 Å². The number of nitrogens with zero attached hydrogens (tertiary/aromatic N) is 1. The van der Waals surface area contributed by atoms with E-state index in [1.54, 1.807) is 27.2 Å². The lowest BCUT2D eigenvalue weighted by Crippen LogP contribution is -2.65. The first-order valence-corrected chi connectivity index (χ1v) is 12.2. The number of primary amides is 1. The van der Waals surface area contributed by atoms with E-state index in [-0.39, 0.29) is 37.2 Å². The Morgan fingerprint density at radius 3 is 2.45 bits per heavy atom. The number of ketones is 2. The third-order valence-corrected chi connectivity index (χ3v) is 7.90. The number of rotatable bonds is 7. The average molecular weight is 534 g/mol. The van der Waals surface area contributed by atoms with Crippen molar-refractivity contribution < 1.29 is 39.2 Å². The molecule has 0 unspecified atom stereocenters. The van der Waals surface area contributed by atoms with Crippen LogP contribution in [0.1, 0.15) is 43.4 Å². The number of unbranched alkanes of at least 4 members (excludes halogenated alkanes) is 1. The van der Waals surface area contributed by atoms with Crippen LogP contribution in [0, 0.1) is 11.8 Å². The number of amides is 1. The van der Waals surface area contributed by atoms with Crippen LogP contribution in [0.2, 0.25) is 0 Å². The number of aliphatic hydroxyl groups excluding tert-OH is 2. The van der Waals surface area contributed by atoms with E-state index in [0.717, 1.165) is 0 Å². The summed E-state index contributed by atoms with van der Waals surface area (Å²) in [6.45, 7) is -0.503. The number of halogens is 1. The fourth-order valence-electron chi connectivity index (χ4n) is 6.19. The van der Waals surface area contributed by atoms with Crippen molar-refractivity contribution in [3.63, 3.8) is 0 Å². The maximum atomic E-state index is 13.9. The third-order valence-electron chi connectivity index (χ3n) is 7.90. The van der Waals surface area contributed by atoms with Crippen molar-refractivity contribution in [1.82, 2.24) is 4.90 Å². The molecule has 0 heterocycles. The Hall–Kier alpha value is -3.44. The molecule has 38 heavy (non-hydrogen) atoms. The molecule has 10 nitrogen and oxygen atoms in total. The summed E-state index contributed by atoms with van der Waals surface area (Å²) in [5.41, 5.74) is 3.26. The zero-order chi connectivity index (χ0) is 27.4. The van der Waals surface area contributed by atoms with Gasteiger partial charge in [0.1, 0.15) is 22.8 Å². The number of hydrogen-bond acceptors (Lipinski definition) is 9. The standard InChI is InChI=1S/C26H32FN3O7.CH4/c1-29-15-10-11(6-4-5-7-27)20(31)17-13(15)8-12-9-14-19(30(2)3)22(33)18(25(28)36)24(35)26(14,37)23(34)16(12)21(17)32;/h10,12,14,19,29,31-32,35,37H,4-9H2,1-3H3,(H2,28,36);1H4/t12-,14-,19-,26-;/m0./s1. The van der Waals surface area contributed by atoms with Gasteiger partial charge in [-0.05, 0) is 69.3 Å². The minimum atomic E-state index is -2.68. The highest BCUT2D eigenvalue weighted by atomic mass is 19.1. The third kappa shape index (κ3) is 4.04. The monoisotopic (exact) mass is 533 g/mol. The van der Waals surface area contributed by atoms with Crippen molar-refractivity contribution in [3.05, 3.63) is 39.7 Å². The number of aryl methyl sites for hydroxylation is 1. The van der Waals surface area contributed by atoms with Crippen LogP contribution in [-0.2, 0) is 27.2 Å². The van der Waals surface area contributed by atoms with E-state index >= 15 is 0 Å². The van der Waals surface area contributed by atoms with Gasteiger partial charge in [-0.3, -0.25) is 23.7 Å². The molecule has 0 aromatic heterocycles. The van der Waals surface area contributed by atoms with Gasteiger partial charge in [0, 0.05) is 24.2 Å². The molecule has 208 valence electrons. The molecule has 7 N–H and O–H groups in total. The van der Waals surface area contributed by atoms with Crippen molar-refractivity contribution in [2.45, 2.75) is 51.2 Å². The van der Waals surface area contributed by atoms with Gasteiger partial charge in [0.2, 0.25) is 5.78 Å². The van der Waals surface area contributed by atoms with E-state index < -0.39 is 64.7 Å². The largest absolute Gasteiger partial charge is 0.508 e. The van der Waals surface area contributed by atoms with E-state index in [4.69, 9.17) is 5.73 Å². The summed E-state index contributed by atoms with van der Waals surface area (Å²) in [6.07, 6.45) is 1.31. The Balaban J connectivity index is 0.00000400. The Morgan fingerprint density at radius 2 is 1.89 bits per heavy atom. The lowest BCUT2D eigenvalue weighted by atomic mass is 9.57. The summed E-state index contributed by atoms with van der Waals surface area (Å²) < 4.78 is 12.6. The van der Waals surface area contributed by atoms with Crippen LogP contribution < -0.4 is 11.1 Å². The maximum absolute atomic E-state index is 13.9. The Bertz CT molecular complexity index is 1260. The van der Waals surface area contributed by atoms with Gasteiger partial charge < -0.3 is 31.5 Å². The van der Waals surface area contributed by atoms with Crippen molar-refractivity contribution in [2.75, 3.05) is 33.1 Å². The number of carbonyl (C=O) groups excluding carboxylic acids is 3. The van der Waals surface area contributed by atoms with Gasteiger partial charge in [-0.15, -0.1) is 0 Å².